The minimum atomic E-state index is -1.62. The third-order valence-corrected chi connectivity index (χ3v) is 13.7. The normalized spacial score (nSPS) is 20.3. The van der Waals surface area contributed by atoms with Crippen LogP contribution in [-0.2, 0) is 14.3 Å². The topological polar surface area (TPSA) is 169 Å². The van der Waals surface area contributed by atoms with E-state index in [0.717, 1.165) is 44.9 Å². The molecule has 8 atom stereocenters. The Morgan fingerprint density at radius 3 is 1.26 bits per heavy atom. The molecule has 0 aromatic heterocycles. The van der Waals surface area contributed by atoms with Crippen molar-refractivity contribution in [3.05, 3.63) is 48.6 Å². The number of hydrogen-bond donors (Lipinski definition) is 7. The Balaban J connectivity index is 2.25. The van der Waals surface area contributed by atoms with Crippen molar-refractivity contribution in [3.8, 4) is 0 Å². The summed E-state index contributed by atoms with van der Waals surface area (Å²) in [6, 6.07) is -1.00. The van der Waals surface area contributed by atoms with E-state index in [2.05, 4.69) is 55.6 Å². The quantitative estimate of drug-likeness (QED) is 0.0232. The van der Waals surface area contributed by atoms with Gasteiger partial charge >= 0.3 is 0 Å². The Bertz CT molecular complexity index is 1240. The van der Waals surface area contributed by atoms with Crippen molar-refractivity contribution in [3.63, 3.8) is 0 Å². The van der Waals surface area contributed by atoms with Gasteiger partial charge in [0.1, 0.15) is 30.5 Å². The van der Waals surface area contributed by atoms with Crippen LogP contribution in [0.2, 0.25) is 0 Å². The number of amides is 1. The van der Waals surface area contributed by atoms with Gasteiger partial charge in [-0.05, 0) is 70.6 Å². The Kier molecular flexibility index (Phi) is 45.7. The zero-order valence-corrected chi connectivity index (χ0v) is 44.4. The van der Waals surface area contributed by atoms with Gasteiger partial charge in [-0.15, -0.1) is 0 Å². The maximum Gasteiger partial charge on any atom is 0.249 e. The molecule has 0 spiro atoms. The first-order valence-corrected chi connectivity index (χ1v) is 29.0. The number of aliphatic hydroxyl groups is 6. The fraction of sp³-hybridized carbons (Fsp3) is 0.847. The highest BCUT2D eigenvalue weighted by molar-refractivity contribution is 5.80. The number of unbranched alkanes of at least 4 members (excludes halogenated alkanes) is 32. The van der Waals surface area contributed by atoms with E-state index in [9.17, 15) is 35.4 Å². The lowest BCUT2D eigenvalue weighted by atomic mass is 9.99. The van der Waals surface area contributed by atoms with Gasteiger partial charge in [0.05, 0.1) is 25.4 Å². The van der Waals surface area contributed by atoms with E-state index < -0.39 is 61.5 Å². The van der Waals surface area contributed by atoms with Gasteiger partial charge in [-0.2, -0.15) is 0 Å². The van der Waals surface area contributed by atoms with Gasteiger partial charge in [-0.25, -0.2) is 0 Å². The molecule has 0 aromatic carbocycles. The molecule has 0 aliphatic carbocycles. The van der Waals surface area contributed by atoms with Gasteiger partial charge in [0.2, 0.25) is 5.91 Å². The third kappa shape index (κ3) is 37.5. The van der Waals surface area contributed by atoms with Gasteiger partial charge in [0, 0.05) is 0 Å². The van der Waals surface area contributed by atoms with Crippen molar-refractivity contribution >= 4 is 5.91 Å². The van der Waals surface area contributed by atoms with Gasteiger partial charge in [-0.3, -0.25) is 4.79 Å². The van der Waals surface area contributed by atoms with Crippen molar-refractivity contribution in [2.45, 2.75) is 307 Å². The molecule has 1 heterocycles. The van der Waals surface area contributed by atoms with Crippen molar-refractivity contribution in [2.75, 3.05) is 13.2 Å². The molecule has 404 valence electrons. The van der Waals surface area contributed by atoms with E-state index >= 15 is 0 Å². The summed E-state index contributed by atoms with van der Waals surface area (Å²) in [5, 5.41) is 64.9. The number of hydrogen-bond acceptors (Lipinski definition) is 9. The second-order valence-electron chi connectivity index (χ2n) is 20.2. The smallest absolute Gasteiger partial charge is 0.249 e. The molecule has 0 saturated carbocycles. The number of rotatable bonds is 49. The van der Waals surface area contributed by atoms with E-state index in [1.165, 1.54) is 180 Å². The zero-order chi connectivity index (χ0) is 50.3. The molecule has 0 radical (unpaired) electrons. The zero-order valence-electron chi connectivity index (χ0n) is 44.4. The van der Waals surface area contributed by atoms with Crippen molar-refractivity contribution in [1.82, 2.24) is 5.32 Å². The van der Waals surface area contributed by atoms with Gasteiger partial charge in [0.25, 0.3) is 0 Å². The highest BCUT2D eigenvalue weighted by Crippen LogP contribution is 2.23. The predicted molar refractivity (Wildman–Crippen MR) is 287 cm³/mol. The Morgan fingerprint density at radius 1 is 0.493 bits per heavy atom. The maximum absolute atomic E-state index is 13.1. The van der Waals surface area contributed by atoms with E-state index in [0.29, 0.717) is 19.3 Å². The molecular weight excluding hydrogens is 867 g/mol. The first kappa shape index (κ1) is 65.1. The monoisotopic (exact) mass is 976 g/mol. The fourth-order valence-electron chi connectivity index (χ4n) is 9.01. The molecule has 1 aliphatic rings. The Hall–Kier alpha value is -1.89. The fourth-order valence-corrected chi connectivity index (χ4v) is 9.01. The molecule has 8 unspecified atom stereocenters. The molecule has 7 N–H and O–H groups in total. The second-order valence-corrected chi connectivity index (χ2v) is 20.2. The molecule has 10 nitrogen and oxygen atoms in total. The van der Waals surface area contributed by atoms with Crippen LogP contribution in [0.4, 0.5) is 0 Å². The van der Waals surface area contributed by atoms with E-state index in [4.69, 9.17) is 9.47 Å². The van der Waals surface area contributed by atoms with Crippen LogP contribution in [0.5, 0.6) is 0 Å². The lowest BCUT2D eigenvalue weighted by Gasteiger charge is -2.40. The van der Waals surface area contributed by atoms with Crippen LogP contribution in [0.3, 0.4) is 0 Å². The summed E-state index contributed by atoms with van der Waals surface area (Å²) in [5.41, 5.74) is 0. The standard InChI is InChI=1S/C59H109NO9/c1-3-5-7-9-11-13-15-17-19-21-22-23-24-25-26-27-28-29-30-31-32-34-36-38-40-42-44-46-48-53(63)58(67)60-51(50-68-59-57(66)56(65)55(64)54(49-61)69-59)52(62)47-45-43-41-39-37-35-33-20-18-16-14-12-10-8-6-4-2/h18,20,25-26,37,39,45,47,51-57,59,61-66H,3-17,19,21-24,27-36,38,40-44,46,48-50H2,1-2H3,(H,60,67)/b20-18+,26-25-,39-37+,47-45+. The number of nitrogens with one attached hydrogen (secondary N) is 1. The molecule has 1 fully saturated rings. The Morgan fingerprint density at radius 2 is 0.855 bits per heavy atom. The lowest BCUT2D eigenvalue weighted by molar-refractivity contribution is -0.302. The SMILES string of the molecule is CCCCCCCC/C=C/CC/C=C/CC/C=C/C(O)C(COC1OC(CO)C(O)C(O)C1O)NC(=O)C(O)CCCCCCCCCCCCCC/C=C\CCCCCCCCCCCCCC. The van der Waals surface area contributed by atoms with Crippen LogP contribution in [0.25, 0.3) is 0 Å². The largest absolute Gasteiger partial charge is 0.394 e. The lowest BCUT2D eigenvalue weighted by Crippen LogP contribution is -2.60. The number of allylic oxidation sites excluding steroid dienone is 7. The summed E-state index contributed by atoms with van der Waals surface area (Å²) < 4.78 is 11.2. The number of aliphatic hydroxyl groups excluding tert-OH is 6. The first-order valence-electron chi connectivity index (χ1n) is 29.0. The summed E-state index contributed by atoms with van der Waals surface area (Å²) in [4.78, 5) is 13.1. The highest BCUT2D eigenvalue weighted by Gasteiger charge is 2.44. The minimum Gasteiger partial charge on any atom is -0.394 e. The molecule has 1 aliphatic heterocycles. The van der Waals surface area contributed by atoms with Crippen molar-refractivity contribution in [1.29, 1.82) is 0 Å². The van der Waals surface area contributed by atoms with Gasteiger partial charge in [0.15, 0.2) is 6.29 Å². The highest BCUT2D eigenvalue weighted by atomic mass is 16.7. The number of carbonyl (C=O) groups excluding carboxylic acids is 1. The van der Waals surface area contributed by atoms with Crippen LogP contribution in [0, 0.1) is 0 Å². The average Bonchev–Trinajstić information content (AvgIpc) is 3.35. The van der Waals surface area contributed by atoms with Crippen LogP contribution in [-0.4, -0.2) is 98.7 Å². The summed E-state index contributed by atoms with van der Waals surface area (Å²) in [5.74, 6) is -0.629. The van der Waals surface area contributed by atoms with Crippen LogP contribution in [0.15, 0.2) is 48.6 Å². The summed E-state index contributed by atoms with van der Waals surface area (Å²) in [7, 11) is 0. The number of carbonyl (C=O) groups is 1. The predicted octanol–water partition coefficient (Wildman–Crippen LogP) is 13.1. The van der Waals surface area contributed by atoms with Crippen LogP contribution >= 0.6 is 0 Å². The van der Waals surface area contributed by atoms with Crippen LogP contribution in [0.1, 0.15) is 258 Å². The molecule has 1 rings (SSSR count). The van der Waals surface area contributed by atoms with Crippen LogP contribution < -0.4 is 5.32 Å². The first-order chi connectivity index (χ1) is 33.8. The van der Waals surface area contributed by atoms with Crippen molar-refractivity contribution in [2.24, 2.45) is 0 Å². The van der Waals surface area contributed by atoms with E-state index in [-0.39, 0.29) is 6.61 Å². The van der Waals surface area contributed by atoms with Crippen molar-refractivity contribution < 1.29 is 44.9 Å². The summed E-state index contributed by atoms with van der Waals surface area (Å²) in [6.07, 6.45) is 53.6. The molecule has 1 saturated heterocycles. The molecule has 69 heavy (non-hydrogen) atoms. The second kappa shape index (κ2) is 48.4. The third-order valence-electron chi connectivity index (χ3n) is 13.7. The van der Waals surface area contributed by atoms with Gasteiger partial charge < -0.3 is 45.4 Å². The molecule has 0 aromatic rings. The summed E-state index contributed by atoms with van der Waals surface area (Å²) >= 11 is 0. The Labute approximate surface area is 423 Å². The maximum atomic E-state index is 13.1. The van der Waals surface area contributed by atoms with E-state index in [1.807, 2.05) is 6.08 Å². The van der Waals surface area contributed by atoms with Gasteiger partial charge in [-0.1, -0.05) is 236 Å². The van der Waals surface area contributed by atoms with E-state index in [1.54, 1.807) is 6.08 Å². The molecule has 1 amide bonds. The minimum absolute atomic E-state index is 0.300. The number of ether oxygens (including phenoxy) is 2. The molecular formula is C59H109NO9. The summed E-state index contributed by atoms with van der Waals surface area (Å²) in [6.45, 7) is 3.60. The average molecular weight is 977 g/mol. The molecule has 0 bridgehead atoms. The molecule has 10 heteroatoms.